The summed E-state index contributed by atoms with van der Waals surface area (Å²) in [5.74, 6) is 1.72. The number of likely N-dealkylation sites (tertiary alicyclic amines) is 1. The zero-order valence-corrected chi connectivity index (χ0v) is 14.6. The molecule has 6 heteroatoms. The van der Waals surface area contributed by atoms with E-state index in [4.69, 9.17) is 0 Å². The van der Waals surface area contributed by atoms with E-state index in [1.54, 1.807) is 6.20 Å². The van der Waals surface area contributed by atoms with Gasteiger partial charge in [-0.2, -0.15) is 0 Å². The maximum atomic E-state index is 12.7. The average Bonchev–Trinajstić information content (AvgIpc) is 3.01. The van der Waals surface area contributed by atoms with Gasteiger partial charge in [0.1, 0.15) is 5.82 Å². The molecule has 3 heterocycles. The molecular formula is C18H25N5O. The van der Waals surface area contributed by atoms with Gasteiger partial charge in [0.2, 0.25) is 5.78 Å². The predicted octanol–water partition coefficient (Wildman–Crippen LogP) is 1.98. The summed E-state index contributed by atoms with van der Waals surface area (Å²) in [5.41, 5.74) is 1.19. The smallest absolute Gasteiger partial charge is 0.202 e. The molecule has 1 atom stereocenters. The zero-order chi connectivity index (χ0) is 17.1. The number of imidazole rings is 1. The molecule has 2 aromatic heterocycles. The van der Waals surface area contributed by atoms with Crippen molar-refractivity contribution in [3.05, 3.63) is 42.1 Å². The van der Waals surface area contributed by atoms with Crippen LogP contribution in [0.2, 0.25) is 0 Å². The van der Waals surface area contributed by atoms with Crippen molar-refractivity contribution in [1.29, 1.82) is 0 Å². The first-order valence-corrected chi connectivity index (χ1v) is 8.40. The summed E-state index contributed by atoms with van der Waals surface area (Å²) < 4.78 is 1.81. The van der Waals surface area contributed by atoms with Crippen molar-refractivity contribution in [1.82, 2.24) is 19.4 Å². The van der Waals surface area contributed by atoms with E-state index in [1.165, 1.54) is 5.56 Å². The number of aryl methyl sites for hydroxylation is 1. The number of hydrogen-bond donors (Lipinski definition) is 0. The average molecular weight is 327 g/mol. The summed E-state index contributed by atoms with van der Waals surface area (Å²) in [4.78, 5) is 25.7. The summed E-state index contributed by atoms with van der Waals surface area (Å²) >= 11 is 0. The molecule has 0 aromatic carbocycles. The Hall–Kier alpha value is -2.21. The van der Waals surface area contributed by atoms with Gasteiger partial charge >= 0.3 is 0 Å². The Bertz CT molecular complexity index is 692. The molecule has 1 aliphatic heterocycles. The topological polar surface area (TPSA) is 54.3 Å². The number of Topliss-reactive ketones (excluding diaryl/α,β-unsaturated/α-hetero) is 1. The minimum Gasteiger partial charge on any atom is -0.363 e. The third kappa shape index (κ3) is 3.64. The highest BCUT2D eigenvalue weighted by Crippen LogP contribution is 2.22. The Labute approximate surface area is 143 Å². The molecule has 2 aromatic rings. The van der Waals surface area contributed by atoms with E-state index < -0.39 is 0 Å². The molecule has 6 nitrogen and oxygen atoms in total. The highest BCUT2D eigenvalue weighted by atomic mass is 16.1. The van der Waals surface area contributed by atoms with Gasteiger partial charge in [-0.15, -0.1) is 0 Å². The van der Waals surface area contributed by atoms with E-state index in [1.807, 2.05) is 49.1 Å². The number of piperidine rings is 1. The molecule has 0 N–H and O–H groups in total. The van der Waals surface area contributed by atoms with Gasteiger partial charge in [0.25, 0.3) is 0 Å². The van der Waals surface area contributed by atoms with Crippen LogP contribution < -0.4 is 4.90 Å². The quantitative estimate of drug-likeness (QED) is 0.786. The van der Waals surface area contributed by atoms with Crippen molar-refractivity contribution in [3.8, 4) is 0 Å². The minimum absolute atomic E-state index is 0.0360. The fourth-order valence-corrected chi connectivity index (χ4v) is 3.23. The summed E-state index contributed by atoms with van der Waals surface area (Å²) in [7, 11) is 5.85. The van der Waals surface area contributed by atoms with Crippen LogP contribution in [0.15, 0.2) is 30.7 Å². The van der Waals surface area contributed by atoms with Crippen LogP contribution >= 0.6 is 0 Å². The Balaban J connectivity index is 1.63. The number of anilines is 1. The van der Waals surface area contributed by atoms with Crippen LogP contribution in [0.5, 0.6) is 0 Å². The second-order valence-corrected chi connectivity index (χ2v) is 6.72. The third-order valence-corrected chi connectivity index (χ3v) is 4.59. The molecule has 0 aliphatic carbocycles. The third-order valence-electron chi connectivity index (χ3n) is 4.59. The largest absolute Gasteiger partial charge is 0.363 e. The number of rotatable bonds is 5. The number of aromatic nitrogens is 3. The lowest BCUT2D eigenvalue weighted by atomic mass is 9.93. The van der Waals surface area contributed by atoms with Gasteiger partial charge in [0, 0.05) is 58.7 Å². The van der Waals surface area contributed by atoms with Crippen molar-refractivity contribution in [3.63, 3.8) is 0 Å². The molecule has 24 heavy (non-hydrogen) atoms. The summed E-state index contributed by atoms with van der Waals surface area (Å²) in [6, 6.07) is 4.16. The van der Waals surface area contributed by atoms with E-state index in [0.29, 0.717) is 5.82 Å². The van der Waals surface area contributed by atoms with Gasteiger partial charge < -0.3 is 9.47 Å². The van der Waals surface area contributed by atoms with Crippen LogP contribution in [0.25, 0.3) is 0 Å². The molecule has 1 fully saturated rings. The molecule has 0 radical (unpaired) electrons. The molecule has 1 aliphatic rings. The Morgan fingerprint density at radius 2 is 2.17 bits per heavy atom. The van der Waals surface area contributed by atoms with Gasteiger partial charge in [-0.25, -0.2) is 9.97 Å². The lowest BCUT2D eigenvalue weighted by molar-refractivity contribution is 0.0797. The molecule has 1 saturated heterocycles. The zero-order valence-electron chi connectivity index (χ0n) is 14.6. The van der Waals surface area contributed by atoms with Crippen LogP contribution in [0, 0.1) is 5.92 Å². The van der Waals surface area contributed by atoms with Gasteiger partial charge in [-0.05, 0) is 31.0 Å². The van der Waals surface area contributed by atoms with Crippen molar-refractivity contribution in [2.45, 2.75) is 19.4 Å². The second-order valence-electron chi connectivity index (χ2n) is 6.72. The summed E-state index contributed by atoms with van der Waals surface area (Å²) in [6.45, 7) is 2.66. The summed E-state index contributed by atoms with van der Waals surface area (Å²) in [5, 5.41) is 0. The van der Waals surface area contributed by atoms with Crippen molar-refractivity contribution in [2.75, 3.05) is 32.1 Å². The fraction of sp³-hybridized carbons (Fsp3) is 0.500. The lowest BCUT2D eigenvalue weighted by Crippen LogP contribution is -2.38. The first-order chi connectivity index (χ1) is 11.5. The van der Waals surface area contributed by atoms with Crippen LogP contribution in [0.3, 0.4) is 0 Å². The van der Waals surface area contributed by atoms with E-state index in [-0.39, 0.29) is 11.7 Å². The normalized spacial score (nSPS) is 18.5. The number of hydrogen-bond acceptors (Lipinski definition) is 5. The molecule has 0 saturated carbocycles. The minimum atomic E-state index is 0.0360. The highest BCUT2D eigenvalue weighted by molar-refractivity contribution is 5.94. The Kier molecular flexibility index (Phi) is 4.94. The maximum Gasteiger partial charge on any atom is 0.202 e. The first-order valence-electron chi connectivity index (χ1n) is 8.40. The number of carbonyl (C=O) groups excluding carboxylic acids is 1. The lowest BCUT2D eigenvalue weighted by Gasteiger charge is -2.31. The van der Waals surface area contributed by atoms with Gasteiger partial charge in [-0.1, -0.05) is 6.07 Å². The van der Waals surface area contributed by atoms with Crippen LogP contribution in [-0.4, -0.2) is 52.4 Å². The van der Waals surface area contributed by atoms with Crippen LogP contribution in [0.1, 0.15) is 29.0 Å². The molecule has 0 unspecified atom stereocenters. The Morgan fingerprint density at radius 3 is 2.79 bits per heavy atom. The molecule has 3 rings (SSSR count). The first kappa shape index (κ1) is 16.6. The van der Waals surface area contributed by atoms with Crippen LogP contribution in [-0.2, 0) is 13.6 Å². The second kappa shape index (κ2) is 7.13. The van der Waals surface area contributed by atoms with Crippen LogP contribution in [0.4, 0.5) is 5.82 Å². The van der Waals surface area contributed by atoms with Crippen molar-refractivity contribution < 1.29 is 4.79 Å². The Morgan fingerprint density at radius 1 is 1.33 bits per heavy atom. The van der Waals surface area contributed by atoms with Crippen molar-refractivity contribution >= 4 is 11.6 Å². The highest BCUT2D eigenvalue weighted by Gasteiger charge is 2.28. The number of pyridine rings is 1. The summed E-state index contributed by atoms with van der Waals surface area (Å²) in [6.07, 6.45) is 7.43. The molecular weight excluding hydrogens is 302 g/mol. The van der Waals surface area contributed by atoms with Gasteiger partial charge in [0.05, 0.1) is 0 Å². The number of nitrogens with zero attached hydrogens (tertiary/aromatic N) is 5. The van der Waals surface area contributed by atoms with Gasteiger partial charge in [-0.3, -0.25) is 9.69 Å². The van der Waals surface area contributed by atoms with Gasteiger partial charge in [0.15, 0.2) is 5.82 Å². The molecule has 128 valence electrons. The van der Waals surface area contributed by atoms with Crippen molar-refractivity contribution in [2.24, 2.45) is 13.0 Å². The predicted molar refractivity (Wildman–Crippen MR) is 94.1 cm³/mol. The molecule has 0 amide bonds. The van der Waals surface area contributed by atoms with E-state index in [2.05, 4.69) is 20.9 Å². The molecule has 0 spiro atoms. The van der Waals surface area contributed by atoms with E-state index in [9.17, 15) is 4.79 Å². The number of carbonyl (C=O) groups is 1. The monoisotopic (exact) mass is 327 g/mol. The standard InChI is InChI=1S/C18H25N5O/c1-21(2)16-7-6-14(11-20-16)12-23-9-4-5-15(13-23)17(24)18-19-8-10-22(18)3/h6-8,10-11,15H,4-5,9,12-13H2,1-3H3/t15-/m0/s1. The number of ketones is 1. The molecule has 0 bridgehead atoms. The van der Waals surface area contributed by atoms with E-state index in [0.717, 1.165) is 38.3 Å². The SMILES string of the molecule is CN(C)c1ccc(CN2CCC[C@H](C(=O)c3nccn3C)C2)cn1. The van der Waals surface area contributed by atoms with E-state index >= 15 is 0 Å². The fourth-order valence-electron chi connectivity index (χ4n) is 3.23. The maximum absolute atomic E-state index is 12.7.